The molecule has 0 amide bonds. The Morgan fingerprint density at radius 1 is 1.43 bits per heavy atom. The molecule has 0 aliphatic heterocycles. The van der Waals surface area contributed by atoms with Crippen LogP contribution in [0.3, 0.4) is 0 Å². The zero-order valence-electron chi connectivity index (χ0n) is 13.4. The van der Waals surface area contributed by atoms with Gasteiger partial charge in [-0.05, 0) is 27.3 Å². The molecule has 0 spiro atoms. The topological polar surface area (TPSA) is 87.3 Å². The van der Waals surface area contributed by atoms with Crippen LogP contribution >= 0.6 is 0 Å². The molecule has 7 nitrogen and oxygen atoms in total. The molecule has 0 fully saturated rings. The molecule has 0 saturated heterocycles. The molecule has 0 aromatic carbocycles. The number of hydrogen-bond donors (Lipinski definition) is 2. The highest BCUT2D eigenvalue weighted by Crippen LogP contribution is 2.21. The third-order valence-electron chi connectivity index (χ3n) is 3.03. The van der Waals surface area contributed by atoms with Gasteiger partial charge >= 0.3 is 0 Å². The lowest BCUT2D eigenvalue weighted by Crippen LogP contribution is -2.32. The van der Waals surface area contributed by atoms with Gasteiger partial charge in [0.25, 0.3) is 0 Å². The first-order valence-corrected chi connectivity index (χ1v) is 8.57. The number of ether oxygens (including phenoxy) is 1. The van der Waals surface area contributed by atoms with Crippen LogP contribution in [0.5, 0.6) is 0 Å². The van der Waals surface area contributed by atoms with Gasteiger partial charge in [-0.15, -0.1) is 0 Å². The molecule has 0 aliphatic carbocycles. The summed E-state index contributed by atoms with van der Waals surface area (Å²) in [6.07, 6.45) is 0.0843. The molecule has 0 saturated carbocycles. The van der Waals surface area contributed by atoms with Crippen molar-refractivity contribution in [2.45, 2.75) is 45.2 Å². The fourth-order valence-electron chi connectivity index (χ4n) is 1.87. The monoisotopic (exact) mass is 318 g/mol. The number of aromatic nitrogens is 2. The zero-order chi connectivity index (χ0) is 16.0. The summed E-state index contributed by atoms with van der Waals surface area (Å²) in [7, 11) is -2.01. The van der Waals surface area contributed by atoms with Crippen LogP contribution in [-0.4, -0.2) is 55.8 Å². The van der Waals surface area contributed by atoms with Gasteiger partial charge in [-0.25, -0.2) is 8.42 Å². The molecule has 1 rings (SSSR count). The highest BCUT2D eigenvalue weighted by atomic mass is 32.2. The quantitative estimate of drug-likeness (QED) is 0.705. The van der Waals surface area contributed by atoms with E-state index in [0.717, 1.165) is 6.54 Å². The Bertz CT molecular complexity index is 540. The van der Waals surface area contributed by atoms with E-state index in [-0.39, 0.29) is 11.0 Å². The second-order valence-corrected chi connectivity index (χ2v) is 7.13. The predicted octanol–water partition coefficient (Wildman–Crippen LogP) is 0.873. The van der Waals surface area contributed by atoms with Gasteiger partial charge in [-0.3, -0.25) is 5.10 Å². The minimum Gasteiger partial charge on any atom is -0.377 e. The van der Waals surface area contributed by atoms with E-state index in [4.69, 9.17) is 4.74 Å². The highest BCUT2D eigenvalue weighted by Gasteiger charge is 2.28. The van der Waals surface area contributed by atoms with Gasteiger partial charge in [0.15, 0.2) is 0 Å². The van der Waals surface area contributed by atoms with Crippen molar-refractivity contribution >= 4 is 10.0 Å². The van der Waals surface area contributed by atoms with Crippen LogP contribution in [0.2, 0.25) is 0 Å². The van der Waals surface area contributed by atoms with Crippen molar-refractivity contribution in [1.29, 1.82) is 0 Å². The van der Waals surface area contributed by atoms with Gasteiger partial charge in [-0.2, -0.15) is 9.40 Å². The normalized spacial score (nSPS) is 12.5. The Morgan fingerprint density at radius 2 is 2.10 bits per heavy atom. The van der Waals surface area contributed by atoms with E-state index in [2.05, 4.69) is 15.5 Å². The number of H-pyrrole nitrogens is 1. The third kappa shape index (κ3) is 4.77. The lowest BCUT2D eigenvalue weighted by molar-refractivity contribution is 0.0737. The molecule has 0 unspecified atom stereocenters. The lowest BCUT2D eigenvalue weighted by atomic mass is 10.3. The van der Waals surface area contributed by atoms with E-state index in [0.29, 0.717) is 31.1 Å². The van der Waals surface area contributed by atoms with Crippen LogP contribution < -0.4 is 5.32 Å². The van der Waals surface area contributed by atoms with Crippen molar-refractivity contribution in [3.05, 3.63) is 11.4 Å². The second kappa shape index (κ2) is 7.88. The average molecular weight is 318 g/mol. The van der Waals surface area contributed by atoms with Crippen molar-refractivity contribution in [1.82, 2.24) is 19.8 Å². The highest BCUT2D eigenvalue weighted by molar-refractivity contribution is 7.89. The van der Waals surface area contributed by atoms with Crippen LogP contribution in [0.25, 0.3) is 0 Å². The van der Waals surface area contributed by atoms with Crippen molar-refractivity contribution in [3.63, 3.8) is 0 Å². The summed E-state index contributed by atoms with van der Waals surface area (Å²) in [5, 5.41) is 9.94. The van der Waals surface area contributed by atoms with Crippen molar-refractivity contribution < 1.29 is 13.2 Å². The smallest absolute Gasteiger partial charge is 0.246 e. The van der Waals surface area contributed by atoms with E-state index in [1.54, 1.807) is 14.0 Å². The molecule has 0 atom stereocenters. The first-order valence-electron chi connectivity index (χ1n) is 7.13. The number of rotatable bonds is 9. The Morgan fingerprint density at radius 3 is 2.67 bits per heavy atom. The van der Waals surface area contributed by atoms with Gasteiger partial charge < -0.3 is 10.1 Å². The Balaban J connectivity index is 2.88. The number of nitrogens with one attached hydrogen (secondary N) is 2. The average Bonchev–Trinajstić information content (AvgIpc) is 2.77. The molecule has 21 heavy (non-hydrogen) atoms. The second-order valence-electron chi connectivity index (χ2n) is 5.15. The van der Waals surface area contributed by atoms with Crippen molar-refractivity contribution in [2.75, 3.05) is 26.7 Å². The summed E-state index contributed by atoms with van der Waals surface area (Å²) in [6.45, 7) is 9.37. The summed E-state index contributed by atoms with van der Waals surface area (Å²) in [6, 6.07) is 0. The first-order chi connectivity index (χ1) is 9.80. The summed E-state index contributed by atoms with van der Waals surface area (Å²) in [5.74, 6) is 0. The van der Waals surface area contributed by atoms with Crippen molar-refractivity contribution in [3.8, 4) is 0 Å². The molecule has 8 heteroatoms. The number of aromatic amines is 1. The van der Waals surface area contributed by atoms with Crippen LogP contribution in [0.1, 0.15) is 32.2 Å². The Kier molecular flexibility index (Phi) is 6.79. The van der Waals surface area contributed by atoms with Gasteiger partial charge in [0, 0.05) is 20.1 Å². The molecule has 0 radical (unpaired) electrons. The van der Waals surface area contributed by atoms with Crippen LogP contribution in [-0.2, 0) is 21.3 Å². The molecule has 122 valence electrons. The van der Waals surface area contributed by atoms with Gasteiger partial charge in [0.2, 0.25) is 10.0 Å². The van der Waals surface area contributed by atoms with E-state index in [1.807, 2.05) is 20.8 Å². The number of nitrogens with zero attached hydrogens (tertiary/aromatic N) is 2. The van der Waals surface area contributed by atoms with E-state index in [1.165, 1.54) is 4.31 Å². The SMILES string of the molecule is CCNCc1n[nH]c(C)c1S(=O)(=O)N(C)CCOC(C)C. The number of sulfonamides is 1. The maximum absolute atomic E-state index is 12.7. The maximum Gasteiger partial charge on any atom is 0.246 e. The van der Waals surface area contributed by atoms with E-state index >= 15 is 0 Å². The third-order valence-corrected chi connectivity index (χ3v) is 5.09. The molecule has 1 heterocycles. The molecule has 1 aromatic rings. The summed E-state index contributed by atoms with van der Waals surface area (Å²) >= 11 is 0. The minimum absolute atomic E-state index is 0.0843. The Labute approximate surface area is 127 Å². The minimum atomic E-state index is -3.57. The van der Waals surface area contributed by atoms with E-state index < -0.39 is 10.0 Å². The Hall–Kier alpha value is -0.960. The number of aryl methyl sites for hydroxylation is 1. The van der Waals surface area contributed by atoms with Gasteiger partial charge in [-0.1, -0.05) is 6.92 Å². The molecule has 0 aliphatic rings. The zero-order valence-corrected chi connectivity index (χ0v) is 14.2. The fourth-order valence-corrected chi connectivity index (χ4v) is 3.34. The molecule has 2 N–H and O–H groups in total. The fraction of sp³-hybridized carbons (Fsp3) is 0.769. The standard InChI is InChI=1S/C13H26N4O3S/c1-6-14-9-12-13(11(4)15-16-12)21(18,19)17(5)7-8-20-10(2)3/h10,14H,6-9H2,1-5H3,(H,15,16). The number of hydrogen-bond acceptors (Lipinski definition) is 5. The van der Waals surface area contributed by atoms with E-state index in [9.17, 15) is 8.42 Å². The predicted molar refractivity (Wildman–Crippen MR) is 81.6 cm³/mol. The summed E-state index contributed by atoms with van der Waals surface area (Å²) < 4.78 is 32.0. The van der Waals surface area contributed by atoms with Crippen LogP contribution in [0.4, 0.5) is 0 Å². The number of likely N-dealkylation sites (N-methyl/N-ethyl adjacent to an activating group) is 1. The summed E-state index contributed by atoms with van der Waals surface area (Å²) in [5.41, 5.74) is 1.07. The molecule has 1 aromatic heterocycles. The molecular weight excluding hydrogens is 292 g/mol. The van der Waals surface area contributed by atoms with Crippen LogP contribution in [0, 0.1) is 6.92 Å². The largest absolute Gasteiger partial charge is 0.377 e. The molecule has 0 bridgehead atoms. The lowest BCUT2D eigenvalue weighted by Gasteiger charge is -2.18. The van der Waals surface area contributed by atoms with Gasteiger partial charge in [0.05, 0.1) is 24.1 Å². The maximum atomic E-state index is 12.7. The van der Waals surface area contributed by atoms with Crippen LogP contribution in [0.15, 0.2) is 4.90 Å². The van der Waals surface area contributed by atoms with Gasteiger partial charge in [0.1, 0.15) is 4.90 Å². The first kappa shape index (κ1) is 18.1. The van der Waals surface area contributed by atoms with Crippen molar-refractivity contribution in [2.24, 2.45) is 0 Å². The summed E-state index contributed by atoms with van der Waals surface area (Å²) in [4.78, 5) is 0.260. The molecular formula is C13H26N4O3S.